The van der Waals surface area contributed by atoms with Gasteiger partial charge in [0.2, 0.25) is 5.82 Å². The van der Waals surface area contributed by atoms with Crippen LogP contribution >= 0.6 is 27.5 Å². The van der Waals surface area contributed by atoms with Gasteiger partial charge >= 0.3 is 0 Å². The molecular formula is C11H10BrClN4O. The molecule has 0 aliphatic carbocycles. The third-order valence-corrected chi connectivity index (χ3v) is 3.46. The number of anilines is 1. The molecule has 2 aromatic rings. The van der Waals surface area contributed by atoms with E-state index < -0.39 is 0 Å². The summed E-state index contributed by atoms with van der Waals surface area (Å²) in [6.07, 6.45) is 0.701. The van der Waals surface area contributed by atoms with E-state index in [1.807, 2.05) is 6.92 Å². The first-order valence-corrected chi connectivity index (χ1v) is 6.45. The van der Waals surface area contributed by atoms with Crippen LogP contribution in [0.1, 0.15) is 23.4 Å². The summed E-state index contributed by atoms with van der Waals surface area (Å²) < 4.78 is 0.714. The molecule has 0 radical (unpaired) electrons. The van der Waals surface area contributed by atoms with Gasteiger partial charge in [-0.25, -0.2) is 4.98 Å². The predicted molar refractivity (Wildman–Crippen MR) is 72.9 cm³/mol. The Morgan fingerprint density at radius 1 is 1.56 bits per heavy atom. The Labute approximate surface area is 117 Å². The molecule has 1 amide bonds. The number of amides is 1. The number of aromatic nitrogens is 3. The minimum absolute atomic E-state index is 0.123. The lowest BCUT2D eigenvalue weighted by Gasteiger charge is -2.03. The van der Waals surface area contributed by atoms with Crippen LogP contribution in [-0.2, 0) is 6.42 Å². The fourth-order valence-electron chi connectivity index (χ4n) is 1.32. The van der Waals surface area contributed by atoms with Crippen LogP contribution in [0, 0.1) is 0 Å². The SMILES string of the molecule is CCc1nc(C(=O)Nc2ccc(Cl)c(Br)c2)n[nH]1. The zero-order valence-electron chi connectivity index (χ0n) is 9.50. The molecule has 1 heterocycles. The van der Waals surface area contributed by atoms with Crippen LogP contribution in [0.5, 0.6) is 0 Å². The molecule has 0 bridgehead atoms. The monoisotopic (exact) mass is 328 g/mol. The zero-order chi connectivity index (χ0) is 13.1. The number of hydrogen-bond donors (Lipinski definition) is 2. The van der Waals surface area contributed by atoms with Gasteiger partial charge in [0.05, 0.1) is 5.02 Å². The Hall–Kier alpha value is -1.40. The molecule has 0 fully saturated rings. The van der Waals surface area contributed by atoms with E-state index in [0.29, 0.717) is 27.4 Å². The summed E-state index contributed by atoms with van der Waals surface area (Å²) >= 11 is 9.15. The Morgan fingerprint density at radius 3 is 2.94 bits per heavy atom. The number of carbonyl (C=O) groups excluding carboxylic acids is 1. The van der Waals surface area contributed by atoms with Gasteiger partial charge in [-0.15, -0.1) is 5.10 Å². The first-order valence-electron chi connectivity index (χ1n) is 5.28. The number of halogens is 2. The number of aromatic amines is 1. The maximum atomic E-state index is 11.8. The molecule has 0 saturated heterocycles. The van der Waals surface area contributed by atoms with Crippen LogP contribution in [0.2, 0.25) is 5.02 Å². The number of aryl methyl sites for hydroxylation is 1. The number of hydrogen-bond acceptors (Lipinski definition) is 3. The van der Waals surface area contributed by atoms with Crippen LogP contribution in [0.4, 0.5) is 5.69 Å². The lowest BCUT2D eigenvalue weighted by atomic mass is 10.3. The normalized spacial score (nSPS) is 10.4. The molecule has 5 nitrogen and oxygen atoms in total. The van der Waals surface area contributed by atoms with Crippen LogP contribution in [0.15, 0.2) is 22.7 Å². The molecule has 18 heavy (non-hydrogen) atoms. The van der Waals surface area contributed by atoms with Gasteiger partial charge in [0.15, 0.2) is 0 Å². The van der Waals surface area contributed by atoms with Crippen LogP contribution < -0.4 is 5.32 Å². The smallest absolute Gasteiger partial charge is 0.295 e. The molecule has 0 atom stereocenters. The van der Waals surface area contributed by atoms with Gasteiger partial charge in [0.25, 0.3) is 5.91 Å². The second-order valence-electron chi connectivity index (χ2n) is 3.54. The van der Waals surface area contributed by atoms with Crippen molar-refractivity contribution in [2.24, 2.45) is 0 Å². The molecule has 2 N–H and O–H groups in total. The topological polar surface area (TPSA) is 70.7 Å². The van der Waals surface area contributed by atoms with Gasteiger partial charge < -0.3 is 5.32 Å². The van der Waals surface area contributed by atoms with Crippen molar-refractivity contribution >= 4 is 39.1 Å². The largest absolute Gasteiger partial charge is 0.319 e. The summed E-state index contributed by atoms with van der Waals surface area (Å²) in [5.41, 5.74) is 0.624. The molecule has 0 aliphatic heterocycles. The average Bonchev–Trinajstić information content (AvgIpc) is 2.82. The van der Waals surface area contributed by atoms with Crippen molar-refractivity contribution < 1.29 is 4.79 Å². The van der Waals surface area contributed by atoms with Gasteiger partial charge in [0, 0.05) is 16.6 Å². The minimum atomic E-state index is -0.361. The first-order chi connectivity index (χ1) is 8.60. The number of H-pyrrole nitrogens is 1. The zero-order valence-corrected chi connectivity index (χ0v) is 11.8. The van der Waals surface area contributed by atoms with Crippen LogP contribution in [-0.4, -0.2) is 21.1 Å². The first kappa shape index (κ1) is 13.0. The van der Waals surface area contributed by atoms with Crippen molar-refractivity contribution in [3.05, 3.63) is 39.3 Å². The molecular weight excluding hydrogens is 320 g/mol. The predicted octanol–water partition coefficient (Wildman–Crippen LogP) is 3.04. The Balaban J connectivity index is 2.13. The summed E-state index contributed by atoms with van der Waals surface area (Å²) in [7, 11) is 0. The molecule has 0 saturated carbocycles. The van der Waals surface area contributed by atoms with Gasteiger partial charge in [0.1, 0.15) is 5.82 Å². The lowest BCUT2D eigenvalue weighted by Crippen LogP contribution is -2.13. The number of rotatable bonds is 3. The van der Waals surface area contributed by atoms with Crippen LogP contribution in [0.25, 0.3) is 0 Å². The highest BCUT2D eigenvalue weighted by atomic mass is 79.9. The highest BCUT2D eigenvalue weighted by Crippen LogP contribution is 2.25. The molecule has 2 rings (SSSR count). The fourth-order valence-corrected chi connectivity index (χ4v) is 1.81. The van der Waals surface area contributed by atoms with Crippen molar-refractivity contribution in [3.63, 3.8) is 0 Å². The third kappa shape index (κ3) is 2.88. The van der Waals surface area contributed by atoms with E-state index >= 15 is 0 Å². The van der Waals surface area contributed by atoms with Gasteiger partial charge in [-0.1, -0.05) is 18.5 Å². The number of nitrogens with zero attached hydrogens (tertiary/aromatic N) is 2. The standard InChI is InChI=1S/C11H10BrClN4O/c1-2-9-15-10(17-16-9)11(18)14-6-3-4-8(13)7(12)5-6/h3-5H,2H2,1H3,(H,14,18)(H,15,16,17). The van der Waals surface area contributed by atoms with Gasteiger partial charge in [-0.05, 0) is 34.1 Å². The highest BCUT2D eigenvalue weighted by molar-refractivity contribution is 9.10. The molecule has 7 heteroatoms. The second-order valence-corrected chi connectivity index (χ2v) is 4.80. The van der Waals surface area contributed by atoms with E-state index in [1.54, 1.807) is 18.2 Å². The van der Waals surface area contributed by atoms with Crippen molar-refractivity contribution in [2.75, 3.05) is 5.32 Å². The summed E-state index contributed by atoms with van der Waals surface area (Å²) in [5.74, 6) is 0.440. The van der Waals surface area contributed by atoms with E-state index in [9.17, 15) is 4.79 Å². The van der Waals surface area contributed by atoms with Crippen LogP contribution in [0.3, 0.4) is 0 Å². The second kappa shape index (κ2) is 5.49. The van der Waals surface area contributed by atoms with Gasteiger partial charge in [-0.2, -0.15) is 0 Å². The highest BCUT2D eigenvalue weighted by Gasteiger charge is 2.12. The Bertz CT molecular complexity index is 584. The quantitative estimate of drug-likeness (QED) is 0.909. The molecule has 94 valence electrons. The maximum absolute atomic E-state index is 11.8. The number of nitrogens with one attached hydrogen (secondary N) is 2. The summed E-state index contributed by atoms with van der Waals surface area (Å²) in [6.45, 7) is 1.93. The summed E-state index contributed by atoms with van der Waals surface area (Å²) in [4.78, 5) is 15.9. The van der Waals surface area contributed by atoms with Crippen molar-refractivity contribution in [1.29, 1.82) is 0 Å². The number of benzene rings is 1. The minimum Gasteiger partial charge on any atom is -0.319 e. The summed E-state index contributed by atoms with van der Waals surface area (Å²) in [5, 5.41) is 9.80. The van der Waals surface area contributed by atoms with E-state index in [4.69, 9.17) is 11.6 Å². The third-order valence-electron chi connectivity index (χ3n) is 2.25. The summed E-state index contributed by atoms with van der Waals surface area (Å²) in [6, 6.07) is 5.11. The molecule has 0 spiro atoms. The van der Waals surface area contributed by atoms with E-state index in [1.165, 1.54) is 0 Å². The fraction of sp³-hybridized carbons (Fsp3) is 0.182. The van der Waals surface area contributed by atoms with Crippen molar-refractivity contribution in [3.8, 4) is 0 Å². The average molecular weight is 330 g/mol. The molecule has 1 aromatic heterocycles. The van der Waals surface area contributed by atoms with Crippen molar-refractivity contribution in [2.45, 2.75) is 13.3 Å². The molecule has 1 aromatic carbocycles. The Kier molecular flexibility index (Phi) is 3.98. The molecule has 0 unspecified atom stereocenters. The lowest BCUT2D eigenvalue weighted by molar-refractivity contribution is 0.101. The Morgan fingerprint density at radius 2 is 2.33 bits per heavy atom. The van der Waals surface area contributed by atoms with E-state index in [2.05, 4.69) is 36.4 Å². The maximum Gasteiger partial charge on any atom is 0.295 e. The molecule has 0 aliphatic rings. The van der Waals surface area contributed by atoms with E-state index in [0.717, 1.165) is 0 Å². The number of carbonyl (C=O) groups is 1. The van der Waals surface area contributed by atoms with Crippen molar-refractivity contribution in [1.82, 2.24) is 15.2 Å². The van der Waals surface area contributed by atoms with Gasteiger partial charge in [-0.3, -0.25) is 9.89 Å². The van der Waals surface area contributed by atoms with E-state index in [-0.39, 0.29) is 11.7 Å².